The number of hydrogen-bond acceptors (Lipinski definition) is 4. The lowest BCUT2D eigenvalue weighted by molar-refractivity contribution is 0.308. The number of nitrogens with zero attached hydrogens (tertiary/aromatic N) is 2. The Morgan fingerprint density at radius 2 is 2.06 bits per heavy atom. The molecule has 1 rings (SSSR count). The van der Waals surface area contributed by atoms with Crippen molar-refractivity contribution in [2.45, 2.75) is 38.6 Å². The first-order chi connectivity index (χ1) is 7.51. The van der Waals surface area contributed by atoms with Gasteiger partial charge in [0.25, 0.3) is 0 Å². The molecule has 7 heteroatoms. The monoisotopic (exact) mass is 249 g/mol. The zero-order valence-corrected chi connectivity index (χ0v) is 10.3. The molecule has 1 fully saturated rings. The average molecular weight is 249 g/mol. The van der Waals surface area contributed by atoms with Crippen molar-refractivity contribution >= 4 is 15.9 Å². The maximum atomic E-state index is 11.9. The summed E-state index contributed by atoms with van der Waals surface area (Å²) in [7, 11) is -3.29. The first-order valence-electron chi connectivity index (χ1n) is 5.47. The van der Waals surface area contributed by atoms with Crippen molar-refractivity contribution in [1.29, 1.82) is 0 Å². The molecule has 0 aromatic rings. The molecule has 0 heterocycles. The van der Waals surface area contributed by atoms with Crippen LogP contribution in [-0.4, -0.2) is 42.1 Å². The lowest BCUT2D eigenvalue weighted by atomic mass is 10.2. The normalized spacial score (nSPS) is 19.5. The fourth-order valence-corrected chi connectivity index (χ4v) is 3.33. The summed E-state index contributed by atoms with van der Waals surface area (Å²) < 4.78 is 25.1. The van der Waals surface area contributed by atoms with E-state index in [0.29, 0.717) is 0 Å². The summed E-state index contributed by atoms with van der Waals surface area (Å²) in [5.41, 5.74) is 5.39. The van der Waals surface area contributed by atoms with Crippen molar-refractivity contribution < 1.29 is 13.6 Å². The van der Waals surface area contributed by atoms with E-state index in [-0.39, 0.29) is 24.2 Å². The number of hydrogen-bond donors (Lipinski definition) is 2. The van der Waals surface area contributed by atoms with Crippen molar-refractivity contribution in [1.82, 2.24) is 4.31 Å². The third-order valence-electron chi connectivity index (χ3n) is 2.90. The van der Waals surface area contributed by atoms with Gasteiger partial charge in [0.05, 0.1) is 12.3 Å². The van der Waals surface area contributed by atoms with Crippen molar-refractivity contribution in [3.05, 3.63) is 0 Å². The number of sulfonamides is 1. The zero-order chi connectivity index (χ0) is 12.2. The summed E-state index contributed by atoms with van der Waals surface area (Å²) in [5, 5.41) is 11.3. The van der Waals surface area contributed by atoms with Crippen LogP contribution in [0.4, 0.5) is 0 Å². The molecule has 94 valence electrons. The quantitative estimate of drug-likeness (QED) is 0.317. The Morgan fingerprint density at radius 3 is 2.50 bits per heavy atom. The Morgan fingerprint density at radius 1 is 1.50 bits per heavy atom. The molecule has 1 aliphatic carbocycles. The molecule has 0 aromatic carbocycles. The minimum Gasteiger partial charge on any atom is -0.409 e. The molecule has 0 aromatic heterocycles. The first-order valence-corrected chi connectivity index (χ1v) is 7.08. The maximum Gasteiger partial charge on any atom is 0.214 e. The first kappa shape index (κ1) is 13.2. The molecule has 16 heavy (non-hydrogen) atoms. The molecule has 1 saturated carbocycles. The SMILES string of the molecule is CCS(=O)(=O)N(CC(N)=NO)C1CCCC1. The highest BCUT2D eigenvalue weighted by Crippen LogP contribution is 2.25. The van der Waals surface area contributed by atoms with Crippen LogP contribution in [0.2, 0.25) is 0 Å². The van der Waals surface area contributed by atoms with E-state index in [1.165, 1.54) is 4.31 Å². The molecule has 1 aliphatic rings. The summed E-state index contributed by atoms with van der Waals surface area (Å²) in [6.07, 6.45) is 3.79. The van der Waals surface area contributed by atoms with Gasteiger partial charge >= 0.3 is 0 Å². The van der Waals surface area contributed by atoms with Gasteiger partial charge in [0.2, 0.25) is 10.0 Å². The maximum absolute atomic E-state index is 11.9. The Bertz CT molecular complexity index is 347. The van der Waals surface area contributed by atoms with Crippen LogP contribution >= 0.6 is 0 Å². The smallest absolute Gasteiger partial charge is 0.214 e. The van der Waals surface area contributed by atoms with Gasteiger partial charge in [0.15, 0.2) is 5.84 Å². The minimum absolute atomic E-state index is 0.00486. The van der Waals surface area contributed by atoms with Crippen LogP contribution in [0.15, 0.2) is 5.16 Å². The van der Waals surface area contributed by atoms with Crippen LogP contribution in [0.3, 0.4) is 0 Å². The Balaban J connectivity index is 2.84. The van der Waals surface area contributed by atoms with Crippen LogP contribution in [0.5, 0.6) is 0 Å². The van der Waals surface area contributed by atoms with Gasteiger partial charge in [0, 0.05) is 6.04 Å². The second kappa shape index (κ2) is 5.49. The van der Waals surface area contributed by atoms with E-state index >= 15 is 0 Å². The van der Waals surface area contributed by atoms with Gasteiger partial charge in [-0.2, -0.15) is 4.31 Å². The third kappa shape index (κ3) is 3.08. The summed E-state index contributed by atoms with van der Waals surface area (Å²) in [6, 6.07) is 0.00486. The fraction of sp³-hybridized carbons (Fsp3) is 0.889. The molecule has 0 atom stereocenters. The van der Waals surface area contributed by atoms with Crippen LogP contribution < -0.4 is 5.73 Å². The highest BCUT2D eigenvalue weighted by molar-refractivity contribution is 7.89. The van der Waals surface area contributed by atoms with Gasteiger partial charge < -0.3 is 10.9 Å². The van der Waals surface area contributed by atoms with Gasteiger partial charge in [0.1, 0.15) is 0 Å². The molecule has 0 unspecified atom stereocenters. The Kier molecular flexibility index (Phi) is 4.55. The predicted molar refractivity (Wildman–Crippen MR) is 61.8 cm³/mol. The average Bonchev–Trinajstić information content (AvgIpc) is 2.78. The highest BCUT2D eigenvalue weighted by Gasteiger charge is 2.31. The van der Waals surface area contributed by atoms with Gasteiger partial charge in [-0.05, 0) is 19.8 Å². The topological polar surface area (TPSA) is 96.0 Å². The Labute approximate surface area is 96.2 Å². The van der Waals surface area contributed by atoms with Gasteiger partial charge in [-0.1, -0.05) is 18.0 Å². The molecule has 6 nitrogen and oxygen atoms in total. The molecular formula is C9H19N3O3S. The second-order valence-corrected chi connectivity index (χ2v) is 6.19. The van der Waals surface area contributed by atoms with Crippen LogP contribution in [-0.2, 0) is 10.0 Å². The third-order valence-corrected chi connectivity index (χ3v) is 4.77. The molecule has 0 spiro atoms. The lowest BCUT2D eigenvalue weighted by Crippen LogP contribution is -2.44. The Hall–Kier alpha value is -0.820. The summed E-state index contributed by atoms with van der Waals surface area (Å²) in [6.45, 7) is 1.58. The molecule has 0 radical (unpaired) electrons. The molecule has 0 aliphatic heterocycles. The van der Waals surface area contributed by atoms with Gasteiger partial charge in [-0.3, -0.25) is 0 Å². The number of oxime groups is 1. The lowest BCUT2D eigenvalue weighted by Gasteiger charge is -2.26. The van der Waals surface area contributed by atoms with E-state index in [1.54, 1.807) is 6.92 Å². The van der Waals surface area contributed by atoms with E-state index in [4.69, 9.17) is 10.9 Å². The van der Waals surface area contributed by atoms with Crippen molar-refractivity contribution in [2.75, 3.05) is 12.3 Å². The zero-order valence-electron chi connectivity index (χ0n) is 9.46. The van der Waals surface area contributed by atoms with Gasteiger partial charge in [-0.15, -0.1) is 0 Å². The van der Waals surface area contributed by atoms with Crippen molar-refractivity contribution in [3.8, 4) is 0 Å². The molecular weight excluding hydrogens is 230 g/mol. The second-order valence-electron chi connectivity index (χ2n) is 3.98. The van der Waals surface area contributed by atoms with E-state index in [0.717, 1.165) is 25.7 Å². The van der Waals surface area contributed by atoms with Gasteiger partial charge in [-0.25, -0.2) is 8.42 Å². The van der Waals surface area contributed by atoms with Crippen LogP contribution in [0.25, 0.3) is 0 Å². The molecule has 0 bridgehead atoms. The minimum atomic E-state index is -3.29. The van der Waals surface area contributed by atoms with E-state index in [1.807, 2.05) is 0 Å². The van der Waals surface area contributed by atoms with E-state index in [2.05, 4.69) is 5.16 Å². The summed E-state index contributed by atoms with van der Waals surface area (Å²) in [5.74, 6) is -0.0220. The predicted octanol–water partition coefficient (Wildman–Crippen LogP) is 0.327. The van der Waals surface area contributed by atoms with Crippen LogP contribution in [0.1, 0.15) is 32.6 Å². The van der Waals surface area contributed by atoms with Crippen LogP contribution in [0, 0.1) is 0 Å². The highest BCUT2D eigenvalue weighted by atomic mass is 32.2. The van der Waals surface area contributed by atoms with E-state index < -0.39 is 10.0 Å². The number of rotatable bonds is 5. The molecule has 0 saturated heterocycles. The van der Waals surface area contributed by atoms with Crippen molar-refractivity contribution in [3.63, 3.8) is 0 Å². The molecule has 0 amide bonds. The van der Waals surface area contributed by atoms with E-state index in [9.17, 15) is 8.42 Å². The summed E-state index contributed by atoms with van der Waals surface area (Å²) >= 11 is 0. The van der Waals surface area contributed by atoms with Crippen molar-refractivity contribution in [2.24, 2.45) is 10.9 Å². The number of amidine groups is 1. The largest absolute Gasteiger partial charge is 0.409 e. The standard InChI is InChI=1S/C9H19N3O3S/c1-2-16(14,15)12(7-9(10)11-13)8-5-3-4-6-8/h8,13H,2-7H2,1H3,(H2,10,11). The number of nitrogens with two attached hydrogens (primary N) is 1. The fourth-order valence-electron chi connectivity index (χ4n) is 2.00. The summed E-state index contributed by atoms with van der Waals surface area (Å²) in [4.78, 5) is 0. The molecule has 3 N–H and O–H groups in total.